The summed E-state index contributed by atoms with van der Waals surface area (Å²) in [5.74, 6) is -1.11. The number of H-pyrrole nitrogens is 1. The number of piperidine rings is 1. The summed E-state index contributed by atoms with van der Waals surface area (Å²) < 4.78 is 74.3. The van der Waals surface area contributed by atoms with E-state index in [0.29, 0.717) is 47.4 Å². The Morgan fingerprint density at radius 2 is 1.85 bits per heavy atom. The van der Waals surface area contributed by atoms with E-state index in [1.165, 1.54) is 6.07 Å². The number of alkyl halides is 3. The van der Waals surface area contributed by atoms with Gasteiger partial charge in [-0.2, -0.15) is 18.3 Å². The molecule has 6 heterocycles. The number of ether oxygens (including phenoxy) is 3. The normalized spacial score (nSPS) is 21.6. The second-order valence-electron chi connectivity index (χ2n) is 12.4. The Hall–Kier alpha value is -4.34. The van der Waals surface area contributed by atoms with Gasteiger partial charge in [0.2, 0.25) is 11.6 Å². The Labute approximate surface area is 276 Å². The summed E-state index contributed by atoms with van der Waals surface area (Å²) >= 11 is 5.97. The zero-order chi connectivity index (χ0) is 33.2. The Kier molecular flexibility index (Phi) is 7.53. The summed E-state index contributed by atoms with van der Waals surface area (Å²) in [6.07, 6.45) is -2.05. The number of halogens is 5. The molecule has 0 saturated carbocycles. The number of imidazole rings is 1. The molecule has 0 unspecified atom stereocenters. The number of fused-ring (bicyclic) bond motifs is 2. The monoisotopic (exact) mass is 684 g/mol. The molecule has 16 heteroatoms. The lowest BCUT2D eigenvalue weighted by atomic mass is 9.88. The van der Waals surface area contributed by atoms with Gasteiger partial charge in [-0.25, -0.2) is 14.4 Å². The third kappa shape index (κ3) is 5.62. The number of para-hydroxylation sites is 1. The number of aromatic amines is 1. The van der Waals surface area contributed by atoms with Crippen LogP contribution in [0.3, 0.4) is 0 Å². The third-order valence-electron chi connectivity index (χ3n) is 9.16. The van der Waals surface area contributed by atoms with Gasteiger partial charge in [-0.3, -0.25) is 10.00 Å². The molecule has 8 rings (SSSR count). The molecule has 2 fully saturated rings. The minimum atomic E-state index is -4.66. The predicted molar refractivity (Wildman–Crippen MR) is 164 cm³/mol. The van der Waals surface area contributed by atoms with E-state index in [-0.39, 0.29) is 29.1 Å². The molecule has 2 atom stereocenters. The summed E-state index contributed by atoms with van der Waals surface area (Å²) in [5.41, 5.74) is 2.37. The van der Waals surface area contributed by atoms with Crippen LogP contribution in [0.4, 0.5) is 17.6 Å². The molecule has 0 amide bonds. The summed E-state index contributed by atoms with van der Waals surface area (Å²) in [6, 6.07) is 11.8. The first-order valence-electron chi connectivity index (χ1n) is 15.6. The summed E-state index contributed by atoms with van der Waals surface area (Å²) in [4.78, 5) is 10.7. The highest BCUT2D eigenvalue weighted by molar-refractivity contribution is 6.30. The average molecular weight is 685 g/mol. The topological polar surface area (TPSA) is 116 Å². The molecule has 2 aromatic carbocycles. The van der Waals surface area contributed by atoms with E-state index in [2.05, 4.69) is 25.2 Å². The molecule has 0 radical (unpaired) electrons. The van der Waals surface area contributed by atoms with E-state index in [4.69, 9.17) is 30.8 Å². The lowest BCUT2D eigenvalue weighted by Gasteiger charge is -2.33. The Bertz CT molecular complexity index is 2010. The van der Waals surface area contributed by atoms with Gasteiger partial charge in [0.05, 0.1) is 24.8 Å². The smallest absolute Gasteiger partial charge is 0.444 e. The fourth-order valence-corrected chi connectivity index (χ4v) is 6.73. The number of aromatic nitrogens is 7. The first-order chi connectivity index (χ1) is 23.0. The maximum Gasteiger partial charge on any atom is 0.451 e. The number of nitrogens with zero attached hydrogens (tertiary/aromatic N) is 7. The van der Waals surface area contributed by atoms with Crippen molar-refractivity contribution >= 4 is 22.8 Å². The molecular weight excluding hydrogens is 656 g/mol. The van der Waals surface area contributed by atoms with Crippen molar-refractivity contribution in [2.45, 2.75) is 63.3 Å². The molecule has 0 bridgehead atoms. The lowest BCUT2D eigenvalue weighted by molar-refractivity contribution is -0.144. The molecule has 3 aliphatic heterocycles. The van der Waals surface area contributed by atoms with Crippen molar-refractivity contribution in [3.05, 3.63) is 76.1 Å². The summed E-state index contributed by atoms with van der Waals surface area (Å²) in [7, 11) is 0. The van der Waals surface area contributed by atoms with Gasteiger partial charge in [0, 0.05) is 24.1 Å². The molecule has 5 aromatic rings. The number of nitrogens with one attached hydrogen (secondary N) is 1. The maximum absolute atomic E-state index is 14.9. The molecule has 48 heavy (non-hydrogen) atoms. The van der Waals surface area contributed by atoms with Gasteiger partial charge in [-0.1, -0.05) is 23.7 Å². The van der Waals surface area contributed by atoms with E-state index in [1.807, 2.05) is 27.9 Å². The van der Waals surface area contributed by atoms with Gasteiger partial charge in [0.1, 0.15) is 22.9 Å². The van der Waals surface area contributed by atoms with Crippen LogP contribution >= 0.6 is 11.6 Å². The molecule has 1 N–H and O–H groups in total. The van der Waals surface area contributed by atoms with Crippen LogP contribution in [0.1, 0.15) is 54.9 Å². The molecule has 0 aliphatic carbocycles. The quantitative estimate of drug-likeness (QED) is 0.199. The van der Waals surface area contributed by atoms with Crippen molar-refractivity contribution in [2.75, 3.05) is 19.7 Å². The molecule has 2 saturated heterocycles. The highest BCUT2D eigenvalue weighted by atomic mass is 35.5. The van der Waals surface area contributed by atoms with Gasteiger partial charge in [0.15, 0.2) is 17.1 Å². The number of hydrogen-bond donors (Lipinski definition) is 1. The second-order valence-corrected chi connectivity index (χ2v) is 12.8. The van der Waals surface area contributed by atoms with Crippen molar-refractivity contribution in [1.29, 1.82) is 0 Å². The van der Waals surface area contributed by atoms with Crippen LogP contribution in [0, 0.1) is 5.82 Å². The minimum Gasteiger partial charge on any atom is -0.444 e. The first-order valence-corrected chi connectivity index (χ1v) is 15.9. The summed E-state index contributed by atoms with van der Waals surface area (Å²) in [6.45, 7) is 5.00. The molecule has 3 aliphatic rings. The number of benzene rings is 2. The number of hydrogen-bond acceptors (Lipinski definition) is 9. The van der Waals surface area contributed by atoms with Gasteiger partial charge >= 0.3 is 6.18 Å². The standard InChI is InChI=1S/C32H29ClF4N8O3/c1-31(21-6-5-18(33)13-22(21)34)47-25-4-2-3-20(27(25)48-31)17-7-10-44(11-8-17)16-26-38-24-14-23(28-39-30(43-41-28)32(35,36)37)40-42-29(24)45(26)15-19-9-12-46-19/h2-6,13-14,17,19H,7-12,15-16H2,1H3,(H,39,41,43)/t19-,31-/m0/s1. The maximum atomic E-state index is 14.9. The fraction of sp³-hybridized carbons (Fsp3) is 0.406. The first kappa shape index (κ1) is 31.0. The van der Waals surface area contributed by atoms with Crippen molar-refractivity contribution < 1.29 is 31.8 Å². The Balaban J connectivity index is 0.998. The third-order valence-corrected chi connectivity index (χ3v) is 9.39. The second kappa shape index (κ2) is 11.7. The van der Waals surface area contributed by atoms with Crippen LogP contribution in [0.2, 0.25) is 5.02 Å². The van der Waals surface area contributed by atoms with Gasteiger partial charge in [-0.05, 0) is 68.6 Å². The van der Waals surface area contributed by atoms with Crippen LogP contribution < -0.4 is 9.47 Å². The lowest BCUT2D eigenvalue weighted by Crippen LogP contribution is -2.35. The van der Waals surface area contributed by atoms with E-state index >= 15 is 0 Å². The predicted octanol–water partition coefficient (Wildman–Crippen LogP) is 6.24. The minimum absolute atomic E-state index is 0.0186. The van der Waals surface area contributed by atoms with Crippen LogP contribution in [0.25, 0.3) is 22.7 Å². The molecular formula is C32H29ClF4N8O3. The van der Waals surface area contributed by atoms with Gasteiger partial charge in [0.25, 0.3) is 5.79 Å². The van der Waals surface area contributed by atoms with E-state index < -0.39 is 23.6 Å². The van der Waals surface area contributed by atoms with Gasteiger partial charge < -0.3 is 18.8 Å². The van der Waals surface area contributed by atoms with E-state index in [1.54, 1.807) is 25.1 Å². The number of rotatable bonds is 7. The summed E-state index contributed by atoms with van der Waals surface area (Å²) in [5, 5.41) is 14.3. The van der Waals surface area contributed by atoms with Gasteiger partial charge in [-0.15, -0.1) is 10.2 Å². The van der Waals surface area contributed by atoms with Crippen LogP contribution in [-0.2, 0) is 29.8 Å². The molecule has 0 spiro atoms. The number of likely N-dealkylation sites (tertiary alicyclic amines) is 1. The van der Waals surface area contributed by atoms with Crippen LogP contribution in [0.15, 0.2) is 42.5 Å². The zero-order valence-corrected chi connectivity index (χ0v) is 26.4. The fourth-order valence-electron chi connectivity index (χ4n) is 6.57. The van der Waals surface area contributed by atoms with E-state index in [0.717, 1.165) is 43.7 Å². The van der Waals surface area contributed by atoms with Crippen molar-refractivity contribution in [1.82, 2.24) is 39.8 Å². The zero-order valence-electron chi connectivity index (χ0n) is 25.6. The highest BCUT2D eigenvalue weighted by Gasteiger charge is 2.43. The van der Waals surface area contributed by atoms with Crippen LogP contribution in [-0.4, -0.2) is 65.6 Å². The highest BCUT2D eigenvalue weighted by Crippen LogP contribution is 2.50. The van der Waals surface area contributed by atoms with Crippen molar-refractivity contribution in [2.24, 2.45) is 0 Å². The largest absolute Gasteiger partial charge is 0.451 e. The molecule has 11 nitrogen and oxygen atoms in total. The molecule has 250 valence electrons. The van der Waals surface area contributed by atoms with Crippen molar-refractivity contribution in [3.8, 4) is 23.0 Å². The SMILES string of the molecule is C[C@]1(c2ccc(Cl)cc2F)Oc2cccc(C3CCN(Cc4nc5cc(-c6n[nH]c(C(F)(F)F)n6)nnc5n4C[C@@H]4CCO4)CC3)c2O1. The van der Waals surface area contributed by atoms with Crippen LogP contribution in [0.5, 0.6) is 11.5 Å². The molecule has 3 aromatic heterocycles. The average Bonchev–Trinajstić information content (AvgIpc) is 3.74. The van der Waals surface area contributed by atoms with Crippen molar-refractivity contribution in [3.63, 3.8) is 0 Å². The Morgan fingerprint density at radius 3 is 2.56 bits per heavy atom. The van der Waals surface area contributed by atoms with E-state index in [9.17, 15) is 17.6 Å². The Morgan fingerprint density at radius 1 is 1.04 bits per heavy atom.